The summed E-state index contributed by atoms with van der Waals surface area (Å²) in [5, 5.41) is 0. The second-order valence-corrected chi connectivity index (χ2v) is 2.61. The number of aliphatic imine (C=N–C) groups is 1. The van der Waals surface area contributed by atoms with Gasteiger partial charge < -0.3 is 5.73 Å². The standard InChI is InChI=1S/C4H8N2S/c5-4-6-2-1-3-7-4/h2,4H,1,3,5H2. The van der Waals surface area contributed by atoms with Crippen LogP contribution in [-0.4, -0.2) is 17.5 Å². The van der Waals surface area contributed by atoms with Gasteiger partial charge in [0.05, 0.1) is 0 Å². The number of nitrogens with two attached hydrogens (primary N) is 1. The predicted octanol–water partition coefficient (Wildman–Crippen LogP) is 0.436. The van der Waals surface area contributed by atoms with Crippen LogP contribution in [0.25, 0.3) is 0 Å². The van der Waals surface area contributed by atoms with Crippen molar-refractivity contribution in [3.8, 4) is 0 Å². The molecule has 0 saturated heterocycles. The zero-order valence-corrected chi connectivity index (χ0v) is 4.82. The molecule has 1 rings (SSSR count). The van der Waals surface area contributed by atoms with E-state index in [-0.39, 0.29) is 5.50 Å². The van der Waals surface area contributed by atoms with Crippen LogP contribution in [-0.2, 0) is 0 Å². The molecule has 0 saturated carbocycles. The molecule has 0 amide bonds. The highest BCUT2D eigenvalue weighted by molar-refractivity contribution is 7.99. The molecule has 0 spiro atoms. The van der Waals surface area contributed by atoms with E-state index in [0.717, 1.165) is 12.2 Å². The molecule has 1 aliphatic rings. The van der Waals surface area contributed by atoms with Gasteiger partial charge in [-0.05, 0) is 6.42 Å². The van der Waals surface area contributed by atoms with Crippen molar-refractivity contribution in [1.82, 2.24) is 0 Å². The first kappa shape index (κ1) is 5.12. The average Bonchev–Trinajstić information content (AvgIpc) is 1.69. The van der Waals surface area contributed by atoms with E-state index in [0.29, 0.717) is 0 Å². The zero-order chi connectivity index (χ0) is 5.11. The van der Waals surface area contributed by atoms with E-state index < -0.39 is 0 Å². The maximum absolute atomic E-state index is 5.40. The van der Waals surface area contributed by atoms with Crippen molar-refractivity contribution >= 4 is 18.0 Å². The smallest absolute Gasteiger partial charge is 0.144 e. The van der Waals surface area contributed by atoms with Crippen molar-refractivity contribution in [3.63, 3.8) is 0 Å². The van der Waals surface area contributed by atoms with Crippen molar-refractivity contribution in [2.24, 2.45) is 10.7 Å². The summed E-state index contributed by atoms with van der Waals surface area (Å²) in [6, 6.07) is 0. The molecule has 1 aliphatic heterocycles. The van der Waals surface area contributed by atoms with Crippen molar-refractivity contribution in [2.45, 2.75) is 11.9 Å². The monoisotopic (exact) mass is 116 g/mol. The lowest BCUT2D eigenvalue weighted by atomic mass is 10.5. The Bertz CT molecular complexity index is 81.8. The van der Waals surface area contributed by atoms with E-state index in [2.05, 4.69) is 4.99 Å². The minimum absolute atomic E-state index is 0.0220. The molecule has 1 unspecified atom stereocenters. The molecule has 1 atom stereocenters. The highest BCUT2D eigenvalue weighted by Gasteiger charge is 2.00. The van der Waals surface area contributed by atoms with E-state index in [1.165, 1.54) is 0 Å². The van der Waals surface area contributed by atoms with E-state index in [4.69, 9.17) is 5.73 Å². The number of rotatable bonds is 0. The third-order valence-electron chi connectivity index (χ3n) is 0.788. The third-order valence-corrected chi connectivity index (χ3v) is 1.72. The normalized spacial score (nSPS) is 30.7. The molecular formula is C4H8N2S. The fourth-order valence-electron chi connectivity index (χ4n) is 0.463. The molecule has 1 heterocycles. The van der Waals surface area contributed by atoms with Crippen molar-refractivity contribution in [1.29, 1.82) is 0 Å². The third kappa shape index (κ3) is 1.49. The van der Waals surface area contributed by atoms with Crippen molar-refractivity contribution in [2.75, 3.05) is 5.75 Å². The molecule has 0 fully saturated rings. The molecule has 0 aromatic carbocycles. The number of hydrogen-bond donors (Lipinski definition) is 1. The topological polar surface area (TPSA) is 38.4 Å². The Morgan fingerprint density at radius 1 is 1.86 bits per heavy atom. The van der Waals surface area contributed by atoms with Gasteiger partial charge in [-0.15, -0.1) is 11.8 Å². The zero-order valence-electron chi connectivity index (χ0n) is 4.00. The van der Waals surface area contributed by atoms with Crippen LogP contribution in [0.2, 0.25) is 0 Å². The largest absolute Gasteiger partial charge is 0.301 e. The van der Waals surface area contributed by atoms with Gasteiger partial charge in [0.2, 0.25) is 0 Å². The molecule has 0 bridgehead atoms. The summed E-state index contributed by atoms with van der Waals surface area (Å²) in [7, 11) is 0. The number of nitrogens with zero attached hydrogens (tertiary/aromatic N) is 1. The maximum Gasteiger partial charge on any atom is 0.144 e. The van der Waals surface area contributed by atoms with E-state index >= 15 is 0 Å². The van der Waals surface area contributed by atoms with Gasteiger partial charge in [-0.1, -0.05) is 0 Å². The van der Waals surface area contributed by atoms with Crippen LogP contribution in [0.1, 0.15) is 6.42 Å². The number of thioether (sulfide) groups is 1. The lowest BCUT2D eigenvalue weighted by molar-refractivity contribution is 0.969. The molecule has 40 valence electrons. The van der Waals surface area contributed by atoms with Gasteiger partial charge in [-0.25, -0.2) is 0 Å². The predicted molar refractivity (Wildman–Crippen MR) is 33.5 cm³/mol. The Balaban J connectivity index is 2.36. The van der Waals surface area contributed by atoms with Gasteiger partial charge in [-0.3, -0.25) is 4.99 Å². The van der Waals surface area contributed by atoms with E-state index in [1.807, 2.05) is 6.21 Å². The van der Waals surface area contributed by atoms with Crippen LogP contribution in [0.15, 0.2) is 4.99 Å². The van der Waals surface area contributed by atoms with Crippen LogP contribution < -0.4 is 5.73 Å². The van der Waals surface area contributed by atoms with Gasteiger partial charge >= 0.3 is 0 Å². The van der Waals surface area contributed by atoms with Gasteiger partial charge in [0, 0.05) is 12.0 Å². The van der Waals surface area contributed by atoms with Crippen LogP contribution in [0.4, 0.5) is 0 Å². The van der Waals surface area contributed by atoms with E-state index in [9.17, 15) is 0 Å². The Morgan fingerprint density at radius 2 is 2.71 bits per heavy atom. The molecule has 7 heavy (non-hydrogen) atoms. The fourth-order valence-corrected chi connectivity index (χ4v) is 1.12. The quantitative estimate of drug-likeness (QED) is 0.498. The summed E-state index contributed by atoms with van der Waals surface area (Å²) in [6.07, 6.45) is 2.97. The summed E-state index contributed by atoms with van der Waals surface area (Å²) < 4.78 is 0. The van der Waals surface area contributed by atoms with Crippen molar-refractivity contribution in [3.05, 3.63) is 0 Å². The molecular weight excluding hydrogens is 108 g/mol. The first-order chi connectivity index (χ1) is 3.39. The maximum atomic E-state index is 5.40. The Hall–Kier alpha value is -0.0200. The lowest BCUT2D eigenvalue weighted by Gasteiger charge is -2.07. The molecule has 2 nitrogen and oxygen atoms in total. The summed E-state index contributed by atoms with van der Waals surface area (Å²) in [5.74, 6) is 1.13. The number of hydrogen-bond acceptors (Lipinski definition) is 3. The Kier molecular flexibility index (Phi) is 1.70. The van der Waals surface area contributed by atoms with Crippen LogP contribution in [0, 0.1) is 0 Å². The van der Waals surface area contributed by atoms with Crippen LogP contribution >= 0.6 is 11.8 Å². The molecule has 0 radical (unpaired) electrons. The first-order valence-corrected chi connectivity index (χ1v) is 3.33. The average molecular weight is 116 g/mol. The second-order valence-electron chi connectivity index (χ2n) is 1.38. The molecule has 2 N–H and O–H groups in total. The Labute approximate surface area is 47.2 Å². The van der Waals surface area contributed by atoms with Crippen LogP contribution in [0.5, 0.6) is 0 Å². The van der Waals surface area contributed by atoms with Gasteiger partial charge in [0.25, 0.3) is 0 Å². The molecule has 0 aromatic heterocycles. The van der Waals surface area contributed by atoms with Crippen LogP contribution in [0.3, 0.4) is 0 Å². The summed E-state index contributed by atoms with van der Waals surface area (Å²) in [5.41, 5.74) is 5.42. The summed E-state index contributed by atoms with van der Waals surface area (Å²) in [4.78, 5) is 3.95. The molecule has 3 heteroatoms. The minimum atomic E-state index is 0.0220. The first-order valence-electron chi connectivity index (χ1n) is 2.28. The molecule has 0 aromatic rings. The fraction of sp³-hybridized carbons (Fsp3) is 0.750. The van der Waals surface area contributed by atoms with Crippen molar-refractivity contribution < 1.29 is 0 Å². The second kappa shape index (κ2) is 2.33. The SMILES string of the molecule is NC1N=CCCS1. The van der Waals surface area contributed by atoms with Gasteiger partial charge in [0.1, 0.15) is 5.50 Å². The van der Waals surface area contributed by atoms with Gasteiger partial charge in [0.15, 0.2) is 0 Å². The minimum Gasteiger partial charge on any atom is -0.301 e. The summed E-state index contributed by atoms with van der Waals surface area (Å²) >= 11 is 1.70. The summed E-state index contributed by atoms with van der Waals surface area (Å²) in [6.45, 7) is 0. The van der Waals surface area contributed by atoms with Gasteiger partial charge in [-0.2, -0.15) is 0 Å². The highest BCUT2D eigenvalue weighted by Crippen LogP contribution is 2.10. The van der Waals surface area contributed by atoms with E-state index in [1.54, 1.807) is 11.8 Å². The highest BCUT2D eigenvalue weighted by atomic mass is 32.2. The molecule has 0 aliphatic carbocycles. The lowest BCUT2D eigenvalue weighted by Crippen LogP contribution is -2.16. The Morgan fingerprint density at radius 3 is 3.00 bits per heavy atom.